The minimum absolute atomic E-state index is 0.712. The summed E-state index contributed by atoms with van der Waals surface area (Å²) in [4.78, 5) is 0. The summed E-state index contributed by atoms with van der Waals surface area (Å²) in [6.45, 7) is 1.59. The van der Waals surface area contributed by atoms with Crippen LogP contribution in [0.2, 0.25) is 0 Å². The van der Waals surface area contributed by atoms with E-state index in [0.29, 0.717) is 5.92 Å². The van der Waals surface area contributed by atoms with E-state index in [1.54, 1.807) is 0 Å². The van der Waals surface area contributed by atoms with Crippen LogP contribution in [0.25, 0.3) is 0 Å². The molecule has 0 aromatic heterocycles. The van der Waals surface area contributed by atoms with Gasteiger partial charge in [-0.25, -0.2) is 0 Å². The molecular formula is C17H25ClO. The van der Waals surface area contributed by atoms with Gasteiger partial charge in [-0.2, -0.15) is 0 Å². The second-order valence-electron chi connectivity index (χ2n) is 5.64. The summed E-state index contributed by atoms with van der Waals surface area (Å²) in [5.74, 6) is 2.42. The highest BCUT2D eigenvalue weighted by atomic mass is 35.5. The predicted molar refractivity (Wildman–Crippen MR) is 81.5 cm³/mol. The Kier molecular flexibility index (Phi) is 6.73. The normalized spacial score (nSPS) is 17.7. The van der Waals surface area contributed by atoms with Gasteiger partial charge in [-0.05, 0) is 30.2 Å². The van der Waals surface area contributed by atoms with Gasteiger partial charge in [-0.3, -0.25) is 0 Å². The Morgan fingerprint density at radius 3 is 2.58 bits per heavy atom. The number of ether oxygens (including phenoxy) is 1. The first-order chi connectivity index (χ1) is 9.40. The third-order valence-electron chi connectivity index (χ3n) is 4.24. The molecule has 19 heavy (non-hydrogen) atoms. The standard InChI is InChI=1S/C17H25ClO/c18-13-17(16-9-4-5-10-16)11-6-12-19-14-15-7-2-1-3-8-15/h1-3,7-8,16-17H,4-6,9-14H2. The highest BCUT2D eigenvalue weighted by Gasteiger charge is 2.23. The van der Waals surface area contributed by atoms with Crippen LogP contribution in [-0.4, -0.2) is 12.5 Å². The number of hydrogen-bond donors (Lipinski definition) is 0. The SMILES string of the molecule is ClCC(CCCOCc1ccccc1)C1CCCC1. The molecule has 0 N–H and O–H groups in total. The minimum atomic E-state index is 0.712. The maximum absolute atomic E-state index is 6.12. The smallest absolute Gasteiger partial charge is 0.0716 e. The molecule has 1 aliphatic carbocycles. The fourth-order valence-electron chi connectivity index (χ4n) is 3.08. The number of benzene rings is 1. The van der Waals surface area contributed by atoms with Crippen molar-refractivity contribution >= 4 is 11.6 Å². The Balaban J connectivity index is 1.58. The van der Waals surface area contributed by atoms with Crippen LogP contribution in [0.4, 0.5) is 0 Å². The Labute approximate surface area is 122 Å². The number of rotatable bonds is 8. The van der Waals surface area contributed by atoms with Crippen LogP contribution in [0, 0.1) is 11.8 Å². The van der Waals surface area contributed by atoms with Crippen LogP contribution in [-0.2, 0) is 11.3 Å². The van der Waals surface area contributed by atoms with E-state index in [0.717, 1.165) is 31.4 Å². The molecule has 1 nitrogen and oxygen atoms in total. The summed E-state index contributed by atoms with van der Waals surface area (Å²) < 4.78 is 5.73. The molecule has 1 aliphatic rings. The van der Waals surface area contributed by atoms with E-state index in [1.807, 2.05) is 6.07 Å². The monoisotopic (exact) mass is 280 g/mol. The van der Waals surface area contributed by atoms with Crippen molar-refractivity contribution in [3.63, 3.8) is 0 Å². The molecule has 0 radical (unpaired) electrons. The summed E-state index contributed by atoms with van der Waals surface area (Å²) in [6.07, 6.45) is 7.96. The first-order valence-corrected chi connectivity index (χ1v) is 8.11. The lowest BCUT2D eigenvalue weighted by atomic mass is 9.89. The zero-order chi connectivity index (χ0) is 13.3. The molecule has 1 aromatic carbocycles. The first-order valence-electron chi connectivity index (χ1n) is 7.58. The second kappa shape index (κ2) is 8.60. The topological polar surface area (TPSA) is 9.23 Å². The molecule has 0 spiro atoms. The Hall–Kier alpha value is -0.530. The largest absolute Gasteiger partial charge is 0.377 e. The average Bonchev–Trinajstić information content (AvgIpc) is 2.98. The Bertz CT molecular complexity index is 332. The molecule has 2 heteroatoms. The van der Waals surface area contributed by atoms with Gasteiger partial charge >= 0.3 is 0 Å². The van der Waals surface area contributed by atoms with Crippen molar-refractivity contribution in [2.75, 3.05) is 12.5 Å². The maximum Gasteiger partial charge on any atom is 0.0716 e. The third-order valence-corrected chi connectivity index (χ3v) is 4.64. The zero-order valence-corrected chi connectivity index (χ0v) is 12.4. The number of alkyl halides is 1. The lowest BCUT2D eigenvalue weighted by Gasteiger charge is -2.20. The molecule has 0 saturated heterocycles. The molecule has 1 atom stereocenters. The molecule has 1 unspecified atom stereocenters. The van der Waals surface area contributed by atoms with Crippen LogP contribution in [0.3, 0.4) is 0 Å². The highest BCUT2D eigenvalue weighted by molar-refractivity contribution is 6.18. The van der Waals surface area contributed by atoms with Crippen molar-refractivity contribution in [3.8, 4) is 0 Å². The third kappa shape index (κ3) is 5.16. The van der Waals surface area contributed by atoms with Crippen LogP contribution < -0.4 is 0 Å². The van der Waals surface area contributed by atoms with Crippen molar-refractivity contribution in [2.45, 2.75) is 45.1 Å². The van der Waals surface area contributed by atoms with Crippen molar-refractivity contribution in [3.05, 3.63) is 35.9 Å². The summed E-state index contributed by atoms with van der Waals surface area (Å²) in [7, 11) is 0. The van der Waals surface area contributed by atoms with E-state index in [4.69, 9.17) is 16.3 Å². The molecule has 0 amide bonds. The van der Waals surface area contributed by atoms with Crippen LogP contribution >= 0.6 is 11.6 Å². The van der Waals surface area contributed by atoms with Gasteiger partial charge in [0.1, 0.15) is 0 Å². The number of halogens is 1. The lowest BCUT2D eigenvalue weighted by molar-refractivity contribution is 0.112. The summed E-state index contributed by atoms with van der Waals surface area (Å²) in [5.41, 5.74) is 1.26. The maximum atomic E-state index is 6.12. The minimum Gasteiger partial charge on any atom is -0.377 e. The van der Waals surface area contributed by atoms with Gasteiger partial charge < -0.3 is 4.74 Å². The van der Waals surface area contributed by atoms with Crippen molar-refractivity contribution in [2.24, 2.45) is 11.8 Å². The van der Waals surface area contributed by atoms with Gasteiger partial charge in [0.05, 0.1) is 6.61 Å². The first kappa shape index (κ1) is 14.9. The predicted octanol–water partition coefficient (Wildman–Crippen LogP) is 5.03. The van der Waals surface area contributed by atoms with Gasteiger partial charge in [0.2, 0.25) is 0 Å². The molecule has 1 fully saturated rings. The summed E-state index contributed by atoms with van der Waals surface area (Å²) in [5, 5.41) is 0. The summed E-state index contributed by atoms with van der Waals surface area (Å²) >= 11 is 6.12. The van der Waals surface area contributed by atoms with Gasteiger partial charge in [-0.1, -0.05) is 56.0 Å². The second-order valence-corrected chi connectivity index (χ2v) is 5.95. The molecule has 1 saturated carbocycles. The van der Waals surface area contributed by atoms with E-state index in [9.17, 15) is 0 Å². The average molecular weight is 281 g/mol. The zero-order valence-electron chi connectivity index (χ0n) is 11.7. The van der Waals surface area contributed by atoms with E-state index in [1.165, 1.54) is 37.7 Å². The van der Waals surface area contributed by atoms with E-state index in [-0.39, 0.29) is 0 Å². The van der Waals surface area contributed by atoms with E-state index < -0.39 is 0 Å². The van der Waals surface area contributed by atoms with E-state index in [2.05, 4.69) is 24.3 Å². The fourth-order valence-corrected chi connectivity index (χ4v) is 3.49. The molecular weight excluding hydrogens is 256 g/mol. The summed E-state index contributed by atoms with van der Waals surface area (Å²) in [6, 6.07) is 10.4. The van der Waals surface area contributed by atoms with Crippen LogP contribution in [0.5, 0.6) is 0 Å². The van der Waals surface area contributed by atoms with Crippen molar-refractivity contribution < 1.29 is 4.74 Å². The van der Waals surface area contributed by atoms with Crippen LogP contribution in [0.1, 0.15) is 44.1 Å². The fraction of sp³-hybridized carbons (Fsp3) is 0.647. The molecule has 0 heterocycles. The van der Waals surface area contributed by atoms with Gasteiger partial charge in [-0.15, -0.1) is 11.6 Å². The van der Waals surface area contributed by atoms with E-state index >= 15 is 0 Å². The quantitative estimate of drug-likeness (QED) is 0.479. The number of hydrogen-bond acceptors (Lipinski definition) is 1. The Morgan fingerprint density at radius 2 is 1.89 bits per heavy atom. The van der Waals surface area contributed by atoms with Gasteiger partial charge in [0, 0.05) is 12.5 Å². The van der Waals surface area contributed by atoms with Crippen molar-refractivity contribution in [1.29, 1.82) is 0 Å². The lowest BCUT2D eigenvalue weighted by Crippen LogP contribution is -2.14. The van der Waals surface area contributed by atoms with Crippen LogP contribution in [0.15, 0.2) is 30.3 Å². The highest BCUT2D eigenvalue weighted by Crippen LogP contribution is 2.34. The molecule has 1 aromatic rings. The molecule has 0 aliphatic heterocycles. The Morgan fingerprint density at radius 1 is 1.16 bits per heavy atom. The molecule has 0 bridgehead atoms. The van der Waals surface area contributed by atoms with Gasteiger partial charge in [0.15, 0.2) is 0 Å². The van der Waals surface area contributed by atoms with Crippen molar-refractivity contribution in [1.82, 2.24) is 0 Å². The van der Waals surface area contributed by atoms with Gasteiger partial charge in [0.25, 0.3) is 0 Å². The molecule has 106 valence electrons. The molecule has 2 rings (SSSR count).